The van der Waals surface area contributed by atoms with E-state index in [1.165, 1.54) is 14.6 Å². The molecule has 2 nitrogen and oxygen atoms in total. The van der Waals surface area contributed by atoms with Crippen molar-refractivity contribution in [3.8, 4) is 25.9 Å². The summed E-state index contributed by atoms with van der Waals surface area (Å²) in [5, 5.41) is 9.36. The zero-order chi connectivity index (χ0) is 15.5. The number of rotatable bonds is 3. The quantitative estimate of drug-likeness (QED) is 0.576. The summed E-state index contributed by atoms with van der Waals surface area (Å²) in [5.41, 5.74) is 1.80. The molecule has 0 aliphatic rings. The molecule has 2 aromatic heterocycles. The summed E-state index contributed by atoms with van der Waals surface area (Å²) in [4.78, 5) is 8.12. The Hall–Kier alpha value is -2.35. The van der Waals surface area contributed by atoms with E-state index < -0.39 is 0 Å². The highest BCUT2D eigenvalue weighted by atomic mass is 32.1. The van der Waals surface area contributed by atoms with Crippen LogP contribution in [-0.2, 0) is 0 Å². The van der Waals surface area contributed by atoms with Crippen molar-refractivity contribution in [3.05, 3.63) is 70.5 Å². The van der Waals surface area contributed by atoms with Crippen LogP contribution in [-0.4, -0.2) is 5.11 Å². The van der Waals surface area contributed by atoms with Gasteiger partial charge in [0.05, 0.1) is 6.57 Å². The Balaban J connectivity index is 1.88. The van der Waals surface area contributed by atoms with Gasteiger partial charge in [0.15, 0.2) is 5.70 Å². The Bertz CT molecular complexity index is 863. The SMILES string of the molecule is [C-]#[N+]/C(C)=C\c1ccc(-c2ccc(-c3ccc(O)cc3)s2)s1. The van der Waals surface area contributed by atoms with Crippen molar-refractivity contribution in [2.75, 3.05) is 0 Å². The van der Waals surface area contributed by atoms with Crippen molar-refractivity contribution < 1.29 is 5.11 Å². The van der Waals surface area contributed by atoms with E-state index in [9.17, 15) is 5.11 Å². The van der Waals surface area contributed by atoms with Crippen LogP contribution >= 0.6 is 22.7 Å². The third-order valence-corrected chi connectivity index (χ3v) is 5.52. The van der Waals surface area contributed by atoms with E-state index in [-0.39, 0.29) is 5.75 Å². The number of hydrogen-bond acceptors (Lipinski definition) is 3. The summed E-state index contributed by atoms with van der Waals surface area (Å²) in [6.45, 7) is 8.81. The van der Waals surface area contributed by atoms with Crippen LogP contribution in [0.2, 0.25) is 0 Å². The smallest absolute Gasteiger partial charge is 0.163 e. The molecule has 0 saturated carbocycles. The Morgan fingerprint density at radius 1 is 0.955 bits per heavy atom. The van der Waals surface area contributed by atoms with Gasteiger partial charge >= 0.3 is 0 Å². The third kappa shape index (κ3) is 3.11. The van der Waals surface area contributed by atoms with Crippen molar-refractivity contribution >= 4 is 28.7 Å². The minimum atomic E-state index is 0.283. The third-order valence-electron chi connectivity index (χ3n) is 3.15. The Kier molecular flexibility index (Phi) is 4.10. The van der Waals surface area contributed by atoms with E-state index in [0.717, 1.165) is 10.4 Å². The van der Waals surface area contributed by atoms with E-state index in [1.54, 1.807) is 34.8 Å². The molecule has 1 aromatic carbocycles. The van der Waals surface area contributed by atoms with Crippen LogP contribution in [0.3, 0.4) is 0 Å². The van der Waals surface area contributed by atoms with Gasteiger partial charge in [0.25, 0.3) is 0 Å². The Morgan fingerprint density at radius 3 is 2.32 bits per heavy atom. The lowest BCUT2D eigenvalue weighted by Crippen LogP contribution is -1.69. The largest absolute Gasteiger partial charge is 0.508 e. The first-order valence-electron chi connectivity index (χ1n) is 6.71. The van der Waals surface area contributed by atoms with Gasteiger partial charge in [-0.1, -0.05) is 0 Å². The maximum Gasteiger partial charge on any atom is 0.163 e. The standard InChI is InChI=1S/C18H13NOS2/c1-12(19-2)11-15-7-8-17(21-15)18-10-9-16(22-18)13-3-5-14(20)6-4-13/h3-11,20H,1H3/b12-11-. The van der Waals surface area contributed by atoms with Gasteiger partial charge in [0.2, 0.25) is 0 Å². The van der Waals surface area contributed by atoms with Gasteiger partial charge in [-0.3, -0.25) is 0 Å². The topological polar surface area (TPSA) is 24.6 Å². The fourth-order valence-electron chi connectivity index (χ4n) is 2.05. The highest BCUT2D eigenvalue weighted by molar-refractivity contribution is 7.24. The second kappa shape index (κ2) is 6.18. The normalized spacial score (nSPS) is 11.4. The van der Waals surface area contributed by atoms with Crippen LogP contribution in [0.25, 0.3) is 31.1 Å². The molecule has 0 bridgehead atoms. The number of thiophene rings is 2. The highest BCUT2D eigenvalue weighted by Gasteiger charge is 2.07. The molecule has 0 saturated heterocycles. The molecule has 0 aliphatic heterocycles. The average molecular weight is 323 g/mol. The second-order valence-corrected chi connectivity index (χ2v) is 7.01. The summed E-state index contributed by atoms with van der Waals surface area (Å²) < 4.78 is 0. The van der Waals surface area contributed by atoms with Gasteiger partial charge in [0.1, 0.15) is 5.75 Å². The Morgan fingerprint density at radius 2 is 1.59 bits per heavy atom. The number of hydrogen-bond donors (Lipinski definition) is 1. The van der Waals surface area contributed by atoms with Crippen molar-refractivity contribution in [1.82, 2.24) is 0 Å². The number of phenolic OH excluding ortho intramolecular Hbond substituents is 1. The first-order valence-corrected chi connectivity index (χ1v) is 8.34. The molecule has 2 heterocycles. The van der Waals surface area contributed by atoms with Crippen molar-refractivity contribution in [2.24, 2.45) is 0 Å². The molecule has 0 spiro atoms. The molecule has 3 aromatic rings. The van der Waals surface area contributed by atoms with Crippen LogP contribution in [0, 0.1) is 6.57 Å². The molecule has 0 fully saturated rings. The average Bonchev–Trinajstić information content (AvgIpc) is 3.17. The minimum Gasteiger partial charge on any atom is -0.508 e. The lowest BCUT2D eigenvalue weighted by molar-refractivity contribution is 0.475. The van der Waals surface area contributed by atoms with Gasteiger partial charge in [-0.2, -0.15) is 0 Å². The lowest BCUT2D eigenvalue weighted by Gasteiger charge is -1.97. The number of aromatic hydroxyl groups is 1. The fourth-order valence-corrected chi connectivity index (χ4v) is 4.16. The molecule has 0 radical (unpaired) electrons. The van der Waals surface area contributed by atoms with Gasteiger partial charge < -0.3 is 5.11 Å². The summed E-state index contributed by atoms with van der Waals surface area (Å²) in [6.07, 6.45) is 1.91. The van der Waals surface area contributed by atoms with Crippen molar-refractivity contribution in [3.63, 3.8) is 0 Å². The highest BCUT2D eigenvalue weighted by Crippen LogP contribution is 2.38. The predicted octanol–water partition coefficient (Wildman–Crippen LogP) is 6.13. The van der Waals surface area contributed by atoms with E-state index in [2.05, 4.69) is 29.1 Å². The molecule has 0 amide bonds. The summed E-state index contributed by atoms with van der Waals surface area (Å²) in [7, 11) is 0. The molecule has 0 atom stereocenters. The van der Waals surface area contributed by atoms with Crippen LogP contribution in [0.5, 0.6) is 5.75 Å². The van der Waals surface area contributed by atoms with E-state index in [4.69, 9.17) is 6.57 Å². The maximum absolute atomic E-state index is 9.36. The molecule has 22 heavy (non-hydrogen) atoms. The number of benzene rings is 1. The second-order valence-electron chi connectivity index (χ2n) is 4.81. The van der Waals surface area contributed by atoms with E-state index >= 15 is 0 Å². The molecular weight excluding hydrogens is 310 g/mol. The monoisotopic (exact) mass is 323 g/mol. The molecule has 108 valence electrons. The fraction of sp³-hybridized carbons (Fsp3) is 0.0556. The van der Waals surface area contributed by atoms with Crippen molar-refractivity contribution in [2.45, 2.75) is 6.92 Å². The van der Waals surface area contributed by atoms with E-state index in [0.29, 0.717) is 5.70 Å². The van der Waals surface area contributed by atoms with Gasteiger partial charge in [0, 0.05) is 19.5 Å². The summed E-state index contributed by atoms with van der Waals surface area (Å²) in [5.74, 6) is 0.283. The van der Waals surface area contributed by atoms with Crippen LogP contribution in [0.4, 0.5) is 0 Å². The molecule has 0 aliphatic carbocycles. The zero-order valence-electron chi connectivity index (χ0n) is 11.9. The number of nitrogens with zero attached hydrogens (tertiary/aromatic N) is 1. The Labute approximate surface area is 137 Å². The minimum absolute atomic E-state index is 0.283. The van der Waals surface area contributed by atoms with Crippen LogP contribution in [0.15, 0.2) is 54.2 Å². The number of allylic oxidation sites excluding steroid dienone is 1. The first kappa shape index (κ1) is 14.6. The maximum atomic E-state index is 9.36. The molecule has 3 rings (SSSR count). The van der Waals surface area contributed by atoms with E-state index in [1.807, 2.05) is 25.1 Å². The molecule has 0 unspecified atom stereocenters. The zero-order valence-corrected chi connectivity index (χ0v) is 13.5. The number of phenols is 1. The van der Waals surface area contributed by atoms with Crippen molar-refractivity contribution in [1.29, 1.82) is 0 Å². The van der Waals surface area contributed by atoms with Crippen LogP contribution < -0.4 is 0 Å². The van der Waals surface area contributed by atoms with Gasteiger partial charge in [-0.05, 0) is 67.1 Å². The summed E-state index contributed by atoms with van der Waals surface area (Å²) in [6, 6.07) is 15.6. The predicted molar refractivity (Wildman–Crippen MR) is 95.0 cm³/mol. The van der Waals surface area contributed by atoms with Gasteiger partial charge in [-0.15, -0.1) is 22.7 Å². The first-order chi connectivity index (χ1) is 10.7. The lowest BCUT2D eigenvalue weighted by atomic mass is 10.2. The molecular formula is C18H13NOS2. The molecule has 1 N–H and O–H groups in total. The molecule has 4 heteroatoms. The van der Waals surface area contributed by atoms with Gasteiger partial charge in [-0.25, -0.2) is 4.85 Å². The van der Waals surface area contributed by atoms with Crippen LogP contribution in [0.1, 0.15) is 11.8 Å². The summed E-state index contributed by atoms with van der Waals surface area (Å²) >= 11 is 3.42.